The molecular weight excluding hydrogens is 256 g/mol. The summed E-state index contributed by atoms with van der Waals surface area (Å²) in [7, 11) is 0. The van der Waals surface area contributed by atoms with Gasteiger partial charge < -0.3 is 10.5 Å². The molecule has 0 amide bonds. The number of rotatable bonds is 3. The van der Waals surface area contributed by atoms with Gasteiger partial charge in [-0.25, -0.2) is 0 Å². The highest BCUT2D eigenvalue weighted by atomic mass is 79.9. The van der Waals surface area contributed by atoms with Gasteiger partial charge in [-0.1, -0.05) is 6.07 Å². The van der Waals surface area contributed by atoms with Crippen molar-refractivity contribution in [1.82, 2.24) is 0 Å². The standard InChI is InChI=1S/C11H13BrN2O/c1-11(2,14)7-15-10-5-3-4-9(12)8(10)6-13/h3-5H,7,14H2,1-2H3. The van der Waals surface area contributed by atoms with Gasteiger partial charge in [-0.05, 0) is 41.9 Å². The molecule has 0 aliphatic carbocycles. The van der Waals surface area contributed by atoms with Crippen LogP contribution in [0.2, 0.25) is 0 Å². The Balaban J connectivity index is 2.87. The van der Waals surface area contributed by atoms with Gasteiger partial charge in [0.15, 0.2) is 0 Å². The quantitative estimate of drug-likeness (QED) is 0.916. The Morgan fingerprint density at radius 2 is 2.20 bits per heavy atom. The second kappa shape index (κ2) is 4.65. The van der Waals surface area contributed by atoms with Crippen LogP contribution in [0.3, 0.4) is 0 Å². The van der Waals surface area contributed by atoms with Gasteiger partial charge in [0.2, 0.25) is 0 Å². The molecule has 80 valence electrons. The summed E-state index contributed by atoms with van der Waals surface area (Å²) < 4.78 is 6.23. The zero-order valence-electron chi connectivity index (χ0n) is 8.75. The molecule has 0 saturated carbocycles. The lowest BCUT2D eigenvalue weighted by Gasteiger charge is -2.19. The molecule has 0 radical (unpaired) electrons. The lowest BCUT2D eigenvalue weighted by Crippen LogP contribution is -2.38. The SMILES string of the molecule is CC(C)(N)COc1cccc(Br)c1C#N. The van der Waals surface area contributed by atoms with Crippen LogP contribution in [0.25, 0.3) is 0 Å². The number of nitrogens with zero attached hydrogens (tertiary/aromatic N) is 1. The van der Waals surface area contributed by atoms with E-state index in [4.69, 9.17) is 15.7 Å². The van der Waals surface area contributed by atoms with Crippen molar-refractivity contribution in [3.63, 3.8) is 0 Å². The lowest BCUT2D eigenvalue weighted by molar-refractivity contribution is 0.242. The van der Waals surface area contributed by atoms with Crippen LogP contribution >= 0.6 is 15.9 Å². The molecule has 1 aromatic rings. The predicted molar refractivity (Wildman–Crippen MR) is 62.6 cm³/mol. The van der Waals surface area contributed by atoms with Gasteiger partial charge in [0.05, 0.1) is 0 Å². The maximum atomic E-state index is 8.94. The Hall–Kier alpha value is -1.05. The fraction of sp³-hybridized carbons (Fsp3) is 0.364. The molecule has 0 fully saturated rings. The Kier molecular flexibility index (Phi) is 3.72. The number of hydrogen-bond acceptors (Lipinski definition) is 3. The van der Waals surface area contributed by atoms with Crippen molar-refractivity contribution in [2.45, 2.75) is 19.4 Å². The predicted octanol–water partition coefficient (Wildman–Crippen LogP) is 2.44. The number of hydrogen-bond donors (Lipinski definition) is 1. The average Bonchev–Trinajstić information content (AvgIpc) is 2.13. The van der Waals surface area contributed by atoms with Crippen molar-refractivity contribution in [3.8, 4) is 11.8 Å². The molecule has 15 heavy (non-hydrogen) atoms. The second-order valence-corrected chi connectivity index (χ2v) is 4.86. The first-order valence-corrected chi connectivity index (χ1v) is 5.33. The van der Waals surface area contributed by atoms with E-state index in [1.807, 2.05) is 19.9 Å². The number of nitriles is 1. The van der Waals surface area contributed by atoms with Crippen molar-refractivity contribution >= 4 is 15.9 Å². The van der Waals surface area contributed by atoms with Crippen molar-refractivity contribution in [2.24, 2.45) is 5.73 Å². The smallest absolute Gasteiger partial charge is 0.138 e. The first kappa shape index (κ1) is 12.0. The van der Waals surface area contributed by atoms with Crippen LogP contribution in [-0.2, 0) is 0 Å². The maximum Gasteiger partial charge on any atom is 0.138 e. The third kappa shape index (κ3) is 3.54. The molecule has 0 heterocycles. The number of benzene rings is 1. The Morgan fingerprint density at radius 1 is 1.53 bits per heavy atom. The highest BCUT2D eigenvalue weighted by Crippen LogP contribution is 2.26. The highest BCUT2D eigenvalue weighted by Gasteiger charge is 2.14. The van der Waals surface area contributed by atoms with Crippen molar-refractivity contribution < 1.29 is 4.74 Å². The van der Waals surface area contributed by atoms with Gasteiger partial charge in [-0.3, -0.25) is 0 Å². The van der Waals surface area contributed by atoms with E-state index in [-0.39, 0.29) is 0 Å². The van der Waals surface area contributed by atoms with Crippen molar-refractivity contribution in [3.05, 3.63) is 28.2 Å². The minimum Gasteiger partial charge on any atom is -0.490 e. The first-order chi connectivity index (χ1) is 6.94. The molecule has 0 bridgehead atoms. The monoisotopic (exact) mass is 268 g/mol. The van der Waals surface area contributed by atoms with Crippen molar-refractivity contribution in [1.29, 1.82) is 5.26 Å². The van der Waals surface area contributed by atoms with Gasteiger partial charge in [0, 0.05) is 10.0 Å². The molecule has 0 aliphatic heterocycles. The van der Waals surface area contributed by atoms with Crippen LogP contribution in [0.4, 0.5) is 0 Å². The minimum absolute atomic E-state index is 0.373. The summed E-state index contributed by atoms with van der Waals surface area (Å²) in [5.74, 6) is 0.561. The molecule has 0 aromatic heterocycles. The van der Waals surface area contributed by atoms with Gasteiger partial charge in [-0.15, -0.1) is 0 Å². The van der Waals surface area contributed by atoms with E-state index >= 15 is 0 Å². The zero-order chi connectivity index (χ0) is 11.5. The molecule has 0 saturated heterocycles. The molecule has 1 rings (SSSR count). The van der Waals surface area contributed by atoms with Crippen LogP contribution in [0, 0.1) is 11.3 Å². The van der Waals surface area contributed by atoms with Crippen molar-refractivity contribution in [2.75, 3.05) is 6.61 Å². The van der Waals surface area contributed by atoms with E-state index < -0.39 is 5.54 Å². The summed E-state index contributed by atoms with van der Waals surface area (Å²) in [5.41, 5.74) is 5.89. The van der Waals surface area contributed by atoms with Gasteiger partial charge >= 0.3 is 0 Å². The Morgan fingerprint density at radius 3 is 2.73 bits per heavy atom. The number of nitrogens with two attached hydrogens (primary N) is 1. The summed E-state index contributed by atoms with van der Waals surface area (Å²) in [6.07, 6.45) is 0. The summed E-state index contributed by atoms with van der Waals surface area (Å²) in [6.45, 7) is 4.12. The summed E-state index contributed by atoms with van der Waals surface area (Å²) in [6, 6.07) is 7.47. The fourth-order valence-corrected chi connectivity index (χ4v) is 1.43. The maximum absolute atomic E-state index is 8.94. The van der Waals surface area contributed by atoms with E-state index in [9.17, 15) is 0 Å². The third-order valence-corrected chi connectivity index (χ3v) is 2.35. The molecular formula is C11H13BrN2O. The van der Waals surface area contributed by atoms with E-state index in [2.05, 4.69) is 22.0 Å². The van der Waals surface area contributed by atoms with E-state index in [0.29, 0.717) is 17.9 Å². The molecule has 1 aromatic carbocycles. The van der Waals surface area contributed by atoms with Crippen LogP contribution in [-0.4, -0.2) is 12.1 Å². The minimum atomic E-state index is -0.408. The Labute approximate surface area is 98.0 Å². The van der Waals surface area contributed by atoms with Crippen LogP contribution in [0.5, 0.6) is 5.75 Å². The van der Waals surface area contributed by atoms with E-state index in [1.54, 1.807) is 12.1 Å². The normalized spacial score (nSPS) is 10.9. The molecule has 0 atom stereocenters. The van der Waals surface area contributed by atoms with Gasteiger partial charge in [-0.2, -0.15) is 5.26 Å². The average molecular weight is 269 g/mol. The highest BCUT2D eigenvalue weighted by molar-refractivity contribution is 9.10. The summed E-state index contributed by atoms with van der Waals surface area (Å²) in [4.78, 5) is 0. The van der Waals surface area contributed by atoms with Crippen LogP contribution in [0.15, 0.2) is 22.7 Å². The first-order valence-electron chi connectivity index (χ1n) is 4.54. The molecule has 2 N–H and O–H groups in total. The van der Waals surface area contributed by atoms with Gasteiger partial charge in [0.25, 0.3) is 0 Å². The second-order valence-electron chi connectivity index (χ2n) is 4.00. The third-order valence-electron chi connectivity index (χ3n) is 1.69. The zero-order valence-corrected chi connectivity index (χ0v) is 10.3. The largest absolute Gasteiger partial charge is 0.490 e. The lowest BCUT2D eigenvalue weighted by atomic mass is 10.1. The summed E-state index contributed by atoms with van der Waals surface area (Å²) in [5, 5.41) is 8.94. The topological polar surface area (TPSA) is 59.0 Å². The Bertz CT molecular complexity index is 391. The van der Waals surface area contributed by atoms with Crippen LogP contribution in [0.1, 0.15) is 19.4 Å². The molecule has 4 heteroatoms. The van der Waals surface area contributed by atoms with E-state index in [0.717, 1.165) is 4.47 Å². The molecule has 0 aliphatic rings. The molecule has 0 unspecified atom stereocenters. The van der Waals surface area contributed by atoms with Crippen LogP contribution < -0.4 is 10.5 Å². The number of ether oxygens (including phenoxy) is 1. The summed E-state index contributed by atoms with van der Waals surface area (Å²) >= 11 is 3.29. The van der Waals surface area contributed by atoms with Gasteiger partial charge in [0.1, 0.15) is 24.0 Å². The van der Waals surface area contributed by atoms with E-state index in [1.165, 1.54) is 0 Å². The fourth-order valence-electron chi connectivity index (χ4n) is 0.997. The number of halogens is 1. The molecule has 3 nitrogen and oxygen atoms in total. The molecule has 0 spiro atoms.